The monoisotopic (exact) mass is 713 g/mol. The second-order valence-electron chi connectivity index (χ2n) is 13.9. The van der Waals surface area contributed by atoms with Crippen LogP contribution in [0, 0.1) is 6.92 Å². The first-order chi connectivity index (χ1) is 25.5. The quantitative estimate of drug-likeness (QED) is 0.177. The molecule has 0 spiro atoms. The summed E-state index contributed by atoms with van der Waals surface area (Å²) >= 11 is 0. The number of ether oxygens (including phenoxy) is 2. The highest BCUT2D eigenvalue weighted by Crippen LogP contribution is 2.36. The smallest absolute Gasteiger partial charge is 0.262 e. The van der Waals surface area contributed by atoms with Gasteiger partial charge in [-0.15, -0.1) is 0 Å². The summed E-state index contributed by atoms with van der Waals surface area (Å²) in [5.41, 5.74) is 3.66. The Bertz CT molecular complexity index is 2230. The fraction of sp³-hybridized carbons (Fsp3) is 0.282. The zero-order valence-corrected chi connectivity index (χ0v) is 29.2. The third-order valence-corrected chi connectivity index (χ3v) is 9.97. The molecule has 1 saturated heterocycles. The van der Waals surface area contributed by atoms with Gasteiger partial charge in [-0.05, 0) is 60.0 Å². The summed E-state index contributed by atoms with van der Waals surface area (Å²) in [6.07, 6.45) is 4.82. The molecule has 2 N–H and O–H groups in total. The Morgan fingerprint density at radius 2 is 1.57 bits per heavy atom. The summed E-state index contributed by atoms with van der Waals surface area (Å²) in [6, 6.07) is 20.2. The van der Waals surface area contributed by atoms with Gasteiger partial charge in [0.05, 0.1) is 23.5 Å². The number of amides is 4. The van der Waals surface area contributed by atoms with Crippen LogP contribution in [0.5, 0.6) is 17.4 Å². The van der Waals surface area contributed by atoms with Gasteiger partial charge < -0.3 is 19.3 Å². The van der Waals surface area contributed by atoms with Crippen molar-refractivity contribution in [3.05, 3.63) is 107 Å². The number of rotatable bonds is 10. The van der Waals surface area contributed by atoms with Gasteiger partial charge in [-0.1, -0.05) is 43.3 Å². The number of nitrogens with one attached hydrogen (secondary N) is 2. The van der Waals surface area contributed by atoms with E-state index < -0.39 is 29.7 Å². The van der Waals surface area contributed by atoms with Crippen molar-refractivity contribution in [3.8, 4) is 28.9 Å². The van der Waals surface area contributed by atoms with Gasteiger partial charge in [-0.25, -0.2) is 9.97 Å². The minimum atomic E-state index is -0.991. The van der Waals surface area contributed by atoms with Crippen molar-refractivity contribution >= 4 is 29.3 Å². The van der Waals surface area contributed by atoms with Crippen LogP contribution in [-0.2, 0) is 15.0 Å². The van der Waals surface area contributed by atoms with Crippen molar-refractivity contribution in [1.29, 1.82) is 0 Å². The molecule has 4 amide bonds. The number of fused-ring (bicyclic) bond motifs is 1. The fourth-order valence-electron chi connectivity index (χ4n) is 6.83. The summed E-state index contributed by atoms with van der Waals surface area (Å²) in [5, 5.41) is 9.50. The largest absolute Gasteiger partial charge is 0.490 e. The SMILES string of the molecule is Cc1nc(-c2cnc(Oc3ccc(C(C)(C)c4ccc(O[C@H]5C[C@H](Nc6ccc7c(c6)C(=O)N(C6CCC(=O)NC6=O)C7=O)C5)cc4)cc3)cn2)no1. The Kier molecular flexibility index (Phi) is 8.44. The minimum Gasteiger partial charge on any atom is -0.490 e. The number of carbonyl (C=O) groups is 4. The van der Waals surface area contributed by atoms with Crippen LogP contribution in [0.4, 0.5) is 5.69 Å². The number of aromatic nitrogens is 4. The van der Waals surface area contributed by atoms with Crippen molar-refractivity contribution in [3.63, 3.8) is 0 Å². The third kappa shape index (κ3) is 6.59. The molecule has 3 aliphatic rings. The average molecular weight is 714 g/mol. The molecular formula is C39H35N7O7. The van der Waals surface area contributed by atoms with Crippen molar-refractivity contribution in [2.45, 2.75) is 70.1 Å². The molecule has 53 heavy (non-hydrogen) atoms. The lowest BCUT2D eigenvalue weighted by molar-refractivity contribution is -0.136. The molecule has 0 bridgehead atoms. The van der Waals surface area contributed by atoms with Crippen molar-refractivity contribution in [1.82, 2.24) is 30.3 Å². The maximum atomic E-state index is 13.2. The van der Waals surface area contributed by atoms with E-state index in [1.165, 1.54) is 12.4 Å². The maximum absolute atomic E-state index is 13.2. The Morgan fingerprint density at radius 1 is 0.868 bits per heavy atom. The van der Waals surface area contributed by atoms with E-state index in [0.717, 1.165) is 34.6 Å². The lowest BCUT2D eigenvalue weighted by Crippen LogP contribution is -2.54. The van der Waals surface area contributed by atoms with Crippen molar-refractivity contribution < 1.29 is 33.2 Å². The average Bonchev–Trinajstić information content (AvgIpc) is 3.68. The summed E-state index contributed by atoms with van der Waals surface area (Å²) in [7, 11) is 0. The molecule has 1 saturated carbocycles. The van der Waals surface area contributed by atoms with E-state index in [0.29, 0.717) is 34.7 Å². The van der Waals surface area contributed by atoms with Gasteiger partial charge in [-0.2, -0.15) is 4.98 Å². The molecule has 0 radical (unpaired) electrons. The molecular weight excluding hydrogens is 678 g/mol. The molecule has 1 unspecified atom stereocenters. The van der Waals surface area contributed by atoms with Crippen LogP contribution < -0.4 is 20.1 Å². The van der Waals surface area contributed by atoms with Crippen LogP contribution >= 0.6 is 0 Å². The molecule has 1 aliphatic carbocycles. The van der Waals surface area contributed by atoms with Gasteiger partial charge in [-0.3, -0.25) is 29.4 Å². The number of hydrogen-bond acceptors (Lipinski definition) is 12. The van der Waals surface area contributed by atoms with Gasteiger partial charge in [0.1, 0.15) is 29.3 Å². The van der Waals surface area contributed by atoms with Crippen LogP contribution in [0.1, 0.15) is 77.3 Å². The summed E-state index contributed by atoms with van der Waals surface area (Å²) in [5.74, 6) is 0.513. The van der Waals surface area contributed by atoms with Gasteiger partial charge in [0.15, 0.2) is 0 Å². The molecule has 2 fully saturated rings. The number of carbonyl (C=O) groups excluding carboxylic acids is 4. The lowest BCUT2D eigenvalue weighted by atomic mass is 9.78. The highest BCUT2D eigenvalue weighted by molar-refractivity contribution is 6.23. The van der Waals surface area contributed by atoms with Gasteiger partial charge in [0.25, 0.3) is 11.8 Å². The Balaban J connectivity index is 0.829. The number of nitrogens with zero attached hydrogens (tertiary/aromatic N) is 5. The normalized spacial score (nSPS) is 19.8. The van der Waals surface area contributed by atoms with E-state index in [1.807, 2.05) is 36.4 Å². The molecule has 5 aromatic rings. The van der Waals surface area contributed by atoms with Gasteiger partial charge in [0.2, 0.25) is 29.4 Å². The second kappa shape index (κ2) is 13.3. The van der Waals surface area contributed by atoms with Crippen molar-refractivity contribution in [2.75, 3.05) is 5.32 Å². The number of hydrogen-bond donors (Lipinski definition) is 2. The first kappa shape index (κ1) is 33.7. The van der Waals surface area contributed by atoms with E-state index in [9.17, 15) is 19.2 Å². The number of benzene rings is 3. The molecule has 1 atom stereocenters. The highest BCUT2D eigenvalue weighted by Gasteiger charge is 2.45. The van der Waals surface area contributed by atoms with Crippen LogP contribution in [0.25, 0.3) is 11.5 Å². The van der Waals surface area contributed by atoms with Crippen LogP contribution in [0.15, 0.2) is 83.6 Å². The van der Waals surface area contributed by atoms with E-state index in [2.05, 4.69) is 56.7 Å². The molecule has 2 aliphatic heterocycles. The predicted octanol–water partition coefficient (Wildman–Crippen LogP) is 5.38. The highest BCUT2D eigenvalue weighted by atomic mass is 16.5. The maximum Gasteiger partial charge on any atom is 0.262 e. The molecule has 2 aromatic heterocycles. The van der Waals surface area contributed by atoms with Gasteiger partial charge >= 0.3 is 0 Å². The Hall–Kier alpha value is -6.44. The number of piperidine rings is 1. The van der Waals surface area contributed by atoms with E-state index in [1.54, 1.807) is 25.1 Å². The fourth-order valence-corrected chi connectivity index (χ4v) is 6.83. The standard InChI is InChI=1S/C39H35N7O7/c1-21-42-35(45-53-21)31-19-41-34(20-40-31)52-27-11-6-23(7-12-27)39(2,3)22-4-9-26(10-5-22)51-28-16-25(17-28)43-24-8-13-29-30(18-24)38(50)46(37(29)49)32-14-15-33(47)44-36(32)48/h4-13,18-20,25,28,32,43H,14-17H2,1-3H3,(H,44,47,48)/t25-,28-,32?. The molecule has 14 nitrogen and oxygen atoms in total. The summed E-state index contributed by atoms with van der Waals surface area (Å²) in [6.45, 7) is 6.04. The van der Waals surface area contributed by atoms with Crippen molar-refractivity contribution in [2.24, 2.45) is 0 Å². The first-order valence-electron chi connectivity index (χ1n) is 17.3. The Morgan fingerprint density at radius 3 is 2.21 bits per heavy atom. The topological polar surface area (TPSA) is 179 Å². The zero-order valence-electron chi connectivity index (χ0n) is 29.2. The third-order valence-electron chi connectivity index (χ3n) is 9.97. The van der Waals surface area contributed by atoms with E-state index in [4.69, 9.17) is 14.0 Å². The molecule has 14 heteroatoms. The molecule has 4 heterocycles. The van der Waals surface area contributed by atoms with E-state index >= 15 is 0 Å². The minimum absolute atomic E-state index is 0.0311. The predicted molar refractivity (Wildman–Crippen MR) is 189 cm³/mol. The van der Waals surface area contributed by atoms with Crippen LogP contribution in [0.2, 0.25) is 0 Å². The summed E-state index contributed by atoms with van der Waals surface area (Å²) < 4.78 is 17.2. The van der Waals surface area contributed by atoms with Crippen LogP contribution in [-0.4, -0.2) is 66.8 Å². The summed E-state index contributed by atoms with van der Waals surface area (Å²) in [4.78, 5) is 63.8. The molecule has 8 rings (SSSR count). The number of imide groups is 2. The second-order valence-corrected chi connectivity index (χ2v) is 13.9. The first-order valence-corrected chi connectivity index (χ1v) is 17.3. The molecule has 3 aromatic carbocycles. The van der Waals surface area contributed by atoms with Gasteiger partial charge in [0, 0.05) is 43.3 Å². The number of aryl methyl sites for hydroxylation is 1. The number of anilines is 1. The lowest BCUT2D eigenvalue weighted by Gasteiger charge is -2.36. The van der Waals surface area contributed by atoms with Crippen LogP contribution in [0.3, 0.4) is 0 Å². The molecule has 268 valence electrons. The Labute approximate surface area is 303 Å². The zero-order chi connectivity index (χ0) is 36.9. The van der Waals surface area contributed by atoms with E-state index in [-0.39, 0.29) is 41.5 Å².